The van der Waals surface area contributed by atoms with Crippen molar-refractivity contribution in [2.45, 2.75) is 20.8 Å². The van der Waals surface area contributed by atoms with E-state index in [9.17, 15) is 4.79 Å². The number of nitrogen functional groups attached to an aromatic ring is 1. The number of rotatable bonds is 4. The van der Waals surface area contributed by atoms with Gasteiger partial charge in [0.15, 0.2) is 0 Å². The molecule has 0 unspecified atom stereocenters. The minimum Gasteiger partial charge on any atom is -0.378 e. The summed E-state index contributed by atoms with van der Waals surface area (Å²) in [6.07, 6.45) is 0. The van der Waals surface area contributed by atoms with Crippen LogP contribution in [0, 0.1) is 13.8 Å². The highest BCUT2D eigenvalue weighted by molar-refractivity contribution is 6.00. The van der Waals surface area contributed by atoms with Crippen molar-refractivity contribution in [3.05, 3.63) is 46.8 Å². The maximum atomic E-state index is 12.1. The summed E-state index contributed by atoms with van der Waals surface area (Å²) in [7, 11) is 0. The van der Waals surface area contributed by atoms with E-state index in [0.717, 1.165) is 5.56 Å². The van der Waals surface area contributed by atoms with Crippen molar-refractivity contribution in [2.75, 3.05) is 5.73 Å². The lowest BCUT2D eigenvalue weighted by Crippen LogP contribution is -2.19. The average Bonchev–Trinajstić information content (AvgIpc) is 3.18. The minimum absolute atomic E-state index is 0.0989. The predicted molar refractivity (Wildman–Crippen MR) is 89.2 cm³/mol. The lowest BCUT2D eigenvalue weighted by atomic mass is 10.1. The fraction of sp³-hybridized carbons (Fsp3) is 0.200. The van der Waals surface area contributed by atoms with Gasteiger partial charge in [-0.15, -0.1) is 5.10 Å². The van der Waals surface area contributed by atoms with Gasteiger partial charge in [-0.2, -0.15) is 9.78 Å². The lowest BCUT2D eigenvalue weighted by molar-refractivity contribution is 0.0955. The van der Waals surface area contributed by atoms with E-state index >= 15 is 0 Å². The van der Waals surface area contributed by atoms with E-state index in [1.54, 1.807) is 26.0 Å². The molecule has 128 valence electrons. The summed E-state index contributed by atoms with van der Waals surface area (Å²) < 4.78 is 5.95. The number of aryl methyl sites for hydroxylation is 1. The molecule has 0 bridgehead atoms. The van der Waals surface area contributed by atoms with Gasteiger partial charge in [0.05, 0.1) is 11.4 Å². The summed E-state index contributed by atoms with van der Waals surface area (Å²) in [6, 6.07) is 7.18. The fourth-order valence-electron chi connectivity index (χ4n) is 2.16. The van der Waals surface area contributed by atoms with Crippen LogP contribution in [-0.4, -0.2) is 36.9 Å². The highest BCUT2D eigenvalue weighted by Crippen LogP contribution is 2.15. The van der Waals surface area contributed by atoms with Gasteiger partial charge in [-0.05, 0) is 43.2 Å². The molecule has 0 atom stereocenters. The van der Waals surface area contributed by atoms with Crippen LogP contribution in [0.5, 0.6) is 0 Å². The van der Waals surface area contributed by atoms with Crippen LogP contribution in [0.15, 0.2) is 34.0 Å². The third-order valence-electron chi connectivity index (χ3n) is 3.57. The zero-order valence-corrected chi connectivity index (χ0v) is 13.9. The van der Waals surface area contributed by atoms with Gasteiger partial charge in [0.1, 0.15) is 5.69 Å². The van der Waals surface area contributed by atoms with Crippen LogP contribution in [0.1, 0.15) is 34.2 Å². The maximum absolute atomic E-state index is 12.1. The normalized spacial score (nSPS) is 11.6. The number of carbonyl (C=O) groups excluding carboxylic acids is 1. The number of hydrazone groups is 1. The van der Waals surface area contributed by atoms with Crippen LogP contribution in [0.25, 0.3) is 5.82 Å². The Morgan fingerprint density at radius 1 is 1.24 bits per heavy atom. The molecule has 0 radical (unpaired) electrons. The van der Waals surface area contributed by atoms with Gasteiger partial charge in [0.25, 0.3) is 5.91 Å². The third kappa shape index (κ3) is 3.22. The number of hydrogen-bond donors (Lipinski definition) is 2. The molecule has 0 aliphatic carbocycles. The molecule has 25 heavy (non-hydrogen) atoms. The molecule has 0 aliphatic rings. The maximum Gasteiger partial charge on any atom is 0.271 e. The average molecular weight is 340 g/mol. The van der Waals surface area contributed by atoms with Gasteiger partial charge in [0.2, 0.25) is 11.6 Å². The first-order valence-electron chi connectivity index (χ1n) is 7.39. The summed E-state index contributed by atoms with van der Waals surface area (Å²) in [5, 5.41) is 19.3. The van der Waals surface area contributed by atoms with Crippen molar-refractivity contribution in [1.29, 1.82) is 0 Å². The van der Waals surface area contributed by atoms with Crippen molar-refractivity contribution in [1.82, 2.24) is 30.7 Å². The quantitative estimate of drug-likeness (QED) is 0.534. The molecule has 2 heterocycles. The number of benzene rings is 1. The Labute approximate surface area is 142 Å². The molecule has 2 aromatic heterocycles. The van der Waals surface area contributed by atoms with Crippen LogP contribution >= 0.6 is 0 Å². The van der Waals surface area contributed by atoms with Gasteiger partial charge in [0, 0.05) is 5.56 Å². The van der Waals surface area contributed by atoms with E-state index in [4.69, 9.17) is 5.73 Å². The number of nitrogens with two attached hydrogens (primary N) is 1. The summed E-state index contributed by atoms with van der Waals surface area (Å²) in [6.45, 7) is 5.43. The number of nitrogens with zero attached hydrogens (tertiary/aromatic N) is 6. The van der Waals surface area contributed by atoms with Gasteiger partial charge >= 0.3 is 0 Å². The summed E-state index contributed by atoms with van der Waals surface area (Å²) in [5.41, 5.74) is 11.4. The minimum atomic E-state index is -0.311. The van der Waals surface area contributed by atoms with Gasteiger partial charge in [-0.25, -0.2) is 10.1 Å². The molecule has 3 N–H and O–H groups in total. The number of nitrogens with one attached hydrogen (secondary N) is 1. The van der Waals surface area contributed by atoms with Crippen LogP contribution in [0.4, 0.5) is 5.82 Å². The molecule has 0 saturated heterocycles. The van der Waals surface area contributed by atoms with Crippen LogP contribution in [0.3, 0.4) is 0 Å². The number of anilines is 1. The summed E-state index contributed by atoms with van der Waals surface area (Å²) >= 11 is 0. The first-order chi connectivity index (χ1) is 12.0. The molecule has 1 amide bonds. The molecule has 10 heteroatoms. The fourth-order valence-corrected chi connectivity index (χ4v) is 2.16. The zero-order valence-electron chi connectivity index (χ0n) is 13.9. The Balaban J connectivity index is 1.79. The van der Waals surface area contributed by atoms with Crippen LogP contribution < -0.4 is 11.2 Å². The van der Waals surface area contributed by atoms with Gasteiger partial charge in [-0.3, -0.25) is 4.79 Å². The molecular weight excluding hydrogens is 324 g/mol. The van der Waals surface area contributed by atoms with E-state index in [1.165, 1.54) is 4.68 Å². The second-order valence-electron chi connectivity index (χ2n) is 5.41. The Morgan fingerprint density at radius 2 is 1.96 bits per heavy atom. The molecule has 0 spiro atoms. The van der Waals surface area contributed by atoms with E-state index < -0.39 is 0 Å². The van der Waals surface area contributed by atoms with Crippen molar-refractivity contribution >= 4 is 17.4 Å². The monoisotopic (exact) mass is 340 g/mol. The Morgan fingerprint density at radius 3 is 2.60 bits per heavy atom. The second-order valence-corrected chi connectivity index (χ2v) is 5.41. The lowest BCUT2D eigenvalue weighted by Gasteiger charge is -2.02. The number of amides is 1. The molecule has 3 rings (SSSR count). The smallest absolute Gasteiger partial charge is 0.271 e. The zero-order chi connectivity index (χ0) is 18.0. The van der Waals surface area contributed by atoms with E-state index in [0.29, 0.717) is 22.7 Å². The number of carbonyl (C=O) groups is 1. The van der Waals surface area contributed by atoms with Gasteiger partial charge < -0.3 is 5.73 Å². The second kappa shape index (κ2) is 6.51. The van der Waals surface area contributed by atoms with E-state index in [2.05, 4.69) is 35.8 Å². The Kier molecular flexibility index (Phi) is 4.25. The standard InChI is InChI=1S/C15H16N8O2/c1-8-4-6-11(7-5-8)15(24)19-17-9(2)12-10(3)23(22-18-12)14-13(16)20-25-21-14/h4-7H,1-3H3,(H2,16,20)(H,19,24)/b17-9+. The molecule has 0 saturated carbocycles. The van der Waals surface area contributed by atoms with Crippen molar-refractivity contribution in [3.8, 4) is 5.82 Å². The Hall–Kier alpha value is -3.56. The summed E-state index contributed by atoms with van der Waals surface area (Å²) in [5.74, 6) is 0.0314. The SMILES string of the molecule is C/C(=N\NC(=O)c1ccc(C)cc1)c1nnn(-c2nonc2N)c1C. The summed E-state index contributed by atoms with van der Waals surface area (Å²) in [4.78, 5) is 12.1. The topological polar surface area (TPSA) is 137 Å². The van der Waals surface area contributed by atoms with Gasteiger partial charge in [-0.1, -0.05) is 22.9 Å². The van der Waals surface area contributed by atoms with Crippen LogP contribution in [0.2, 0.25) is 0 Å². The van der Waals surface area contributed by atoms with Crippen molar-refractivity contribution in [2.24, 2.45) is 5.10 Å². The number of hydrogen-bond acceptors (Lipinski definition) is 8. The molecule has 1 aromatic carbocycles. The molecule has 10 nitrogen and oxygen atoms in total. The van der Waals surface area contributed by atoms with Crippen LogP contribution in [-0.2, 0) is 0 Å². The third-order valence-corrected chi connectivity index (χ3v) is 3.57. The van der Waals surface area contributed by atoms with E-state index in [1.807, 2.05) is 19.1 Å². The van der Waals surface area contributed by atoms with Crippen molar-refractivity contribution in [3.63, 3.8) is 0 Å². The van der Waals surface area contributed by atoms with Crippen molar-refractivity contribution < 1.29 is 9.42 Å². The Bertz CT molecular complexity index is 939. The highest BCUT2D eigenvalue weighted by atomic mass is 16.6. The highest BCUT2D eigenvalue weighted by Gasteiger charge is 2.18. The molecule has 0 fully saturated rings. The predicted octanol–water partition coefficient (Wildman–Crippen LogP) is 1.00. The molecule has 0 aliphatic heterocycles. The largest absolute Gasteiger partial charge is 0.378 e. The number of aromatic nitrogens is 5. The first kappa shape index (κ1) is 16.3. The molecular formula is C15H16N8O2. The van der Waals surface area contributed by atoms with E-state index in [-0.39, 0.29) is 17.5 Å². The first-order valence-corrected chi connectivity index (χ1v) is 7.39. The molecule has 3 aromatic rings.